The molecule has 0 amide bonds. The van der Waals surface area contributed by atoms with Gasteiger partial charge in [0.1, 0.15) is 0 Å². The Bertz CT molecular complexity index is 536. The quantitative estimate of drug-likeness (QED) is 0.704. The molecule has 3 heteroatoms. The molecule has 0 atom stereocenters. The second kappa shape index (κ2) is 4.95. The fourth-order valence-corrected chi connectivity index (χ4v) is 3.46. The SMILES string of the molecule is C(#Cc1ccc(N2CCCC2)s1)c1cccs1. The maximum atomic E-state index is 3.24. The van der Waals surface area contributed by atoms with Gasteiger partial charge in [-0.1, -0.05) is 6.07 Å². The summed E-state index contributed by atoms with van der Waals surface area (Å²) in [5, 5.41) is 3.44. The molecule has 3 heterocycles. The van der Waals surface area contributed by atoms with E-state index in [2.05, 4.69) is 40.3 Å². The van der Waals surface area contributed by atoms with E-state index >= 15 is 0 Å². The van der Waals surface area contributed by atoms with Crippen LogP contribution in [0, 0.1) is 11.8 Å². The van der Waals surface area contributed by atoms with Crippen molar-refractivity contribution in [1.82, 2.24) is 0 Å². The Kier molecular flexibility index (Phi) is 3.17. The Morgan fingerprint density at radius 3 is 2.59 bits per heavy atom. The third-order valence-corrected chi connectivity index (χ3v) is 4.69. The van der Waals surface area contributed by atoms with Gasteiger partial charge >= 0.3 is 0 Å². The average Bonchev–Trinajstić information content (AvgIpc) is 3.09. The first kappa shape index (κ1) is 10.9. The molecule has 2 aromatic heterocycles. The molecular weight excluding hydrogens is 246 g/mol. The van der Waals surface area contributed by atoms with Gasteiger partial charge in [-0.3, -0.25) is 0 Å². The van der Waals surface area contributed by atoms with Crippen LogP contribution in [-0.2, 0) is 0 Å². The van der Waals surface area contributed by atoms with Gasteiger partial charge in [0, 0.05) is 13.1 Å². The van der Waals surface area contributed by atoms with Crippen LogP contribution < -0.4 is 4.90 Å². The number of thiophene rings is 2. The Balaban J connectivity index is 1.76. The van der Waals surface area contributed by atoms with Crippen molar-refractivity contribution in [3.8, 4) is 11.8 Å². The molecule has 3 rings (SSSR count). The molecule has 2 aromatic rings. The van der Waals surface area contributed by atoms with Crippen LogP contribution in [0.4, 0.5) is 5.00 Å². The molecular formula is C14H13NS2. The third kappa shape index (κ3) is 2.54. The molecule has 1 aliphatic rings. The van der Waals surface area contributed by atoms with Crippen molar-refractivity contribution in [2.24, 2.45) is 0 Å². The van der Waals surface area contributed by atoms with E-state index in [-0.39, 0.29) is 0 Å². The summed E-state index contributed by atoms with van der Waals surface area (Å²) in [5.41, 5.74) is 0. The van der Waals surface area contributed by atoms with Crippen molar-refractivity contribution >= 4 is 27.7 Å². The molecule has 0 bridgehead atoms. The standard InChI is InChI=1S/C14H13NS2/c1-2-10-15(9-1)14-8-7-13(17-14)6-5-12-4-3-11-16-12/h3-4,7-8,11H,1-2,9-10H2. The zero-order valence-corrected chi connectivity index (χ0v) is 11.1. The molecule has 17 heavy (non-hydrogen) atoms. The van der Waals surface area contributed by atoms with E-state index in [0.717, 1.165) is 4.88 Å². The van der Waals surface area contributed by atoms with E-state index < -0.39 is 0 Å². The molecule has 86 valence electrons. The Hall–Kier alpha value is -1.24. The van der Waals surface area contributed by atoms with E-state index in [1.807, 2.05) is 17.4 Å². The average molecular weight is 259 g/mol. The number of hydrogen-bond acceptors (Lipinski definition) is 3. The fourth-order valence-electron chi connectivity index (χ4n) is 1.98. The van der Waals surface area contributed by atoms with Crippen molar-refractivity contribution in [3.05, 3.63) is 39.4 Å². The highest BCUT2D eigenvalue weighted by molar-refractivity contribution is 7.16. The monoisotopic (exact) mass is 259 g/mol. The summed E-state index contributed by atoms with van der Waals surface area (Å²) in [6, 6.07) is 8.44. The second-order valence-electron chi connectivity index (χ2n) is 4.06. The Morgan fingerprint density at radius 1 is 1.00 bits per heavy atom. The van der Waals surface area contributed by atoms with Gasteiger partial charge in [0.25, 0.3) is 0 Å². The Labute approximate surface area is 110 Å². The van der Waals surface area contributed by atoms with E-state index in [1.54, 1.807) is 11.3 Å². The smallest absolute Gasteiger partial charge is 0.0921 e. The fraction of sp³-hybridized carbons (Fsp3) is 0.286. The number of rotatable bonds is 1. The predicted molar refractivity (Wildman–Crippen MR) is 76.1 cm³/mol. The number of nitrogens with zero attached hydrogens (tertiary/aromatic N) is 1. The highest BCUT2D eigenvalue weighted by Crippen LogP contribution is 2.28. The summed E-state index contributed by atoms with van der Waals surface area (Å²) in [4.78, 5) is 4.77. The zero-order valence-electron chi connectivity index (χ0n) is 9.48. The normalized spacial score (nSPS) is 14.7. The molecule has 0 radical (unpaired) electrons. The van der Waals surface area contributed by atoms with Crippen molar-refractivity contribution in [1.29, 1.82) is 0 Å². The maximum Gasteiger partial charge on any atom is 0.0921 e. The third-order valence-electron chi connectivity index (χ3n) is 2.84. The lowest BCUT2D eigenvalue weighted by molar-refractivity contribution is 0.949. The van der Waals surface area contributed by atoms with Gasteiger partial charge < -0.3 is 4.90 Å². The molecule has 0 saturated carbocycles. The second-order valence-corrected chi connectivity index (χ2v) is 6.07. The summed E-state index contributed by atoms with van der Waals surface area (Å²) in [5.74, 6) is 6.45. The van der Waals surface area contributed by atoms with Gasteiger partial charge in [0.05, 0.1) is 14.8 Å². The first-order chi connectivity index (χ1) is 8.42. The van der Waals surface area contributed by atoms with E-state index in [0.29, 0.717) is 0 Å². The molecule has 1 aliphatic heterocycles. The molecule has 0 unspecified atom stereocenters. The summed E-state index contributed by atoms with van der Waals surface area (Å²) < 4.78 is 0. The summed E-state index contributed by atoms with van der Waals surface area (Å²) in [7, 11) is 0. The molecule has 1 fully saturated rings. The molecule has 0 aliphatic carbocycles. The predicted octanol–water partition coefficient (Wildman–Crippen LogP) is 3.81. The van der Waals surface area contributed by atoms with Crippen LogP contribution in [0.15, 0.2) is 29.6 Å². The highest BCUT2D eigenvalue weighted by Gasteiger charge is 2.13. The van der Waals surface area contributed by atoms with Crippen molar-refractivity contribution in [2.45, 2.75) is 12.8 Å². The zero-order chi connectivity index (χ0) is 11.5. The minimum atomic E-state index is 1.14. The number of hydrogen-bond donors (Lipinski definition) is 0. The summed E-state index contributed by atoms with van der Waals surface area (Å²) >= 11 is 3.50. The topological polar surface area (TPSA) is 3.24 Å². The van der Waals surface area contributed by atoms with Crippen LogP contribution in [0.2, 0.25) is 0 Å². The molecule has 1 nitrogen and oxygen atoms in total. The first-order valence-corrected chi connectivity index (χ1v) is 7.52. The lowest BCUT2D eigenvalue weighted by atomic mass is 10.4. The van der Waals surface area contributed by atoms with Gasteiger partial charge in [-0.25, -0.2) is 0 Å². The van der Waals surface area contributed by atoms with Crippen LogP contribution in [0.3, 0.4) is 0 Å². The van der Waals surface area contributed by atoms with Crippen molar-refractivity contribution in [2.75, 3.05) is 18.0 Å². The highest BCUT2D eigenvalue weighted by atomic mass is 32.1. The molecule has 0 N–H and O–H groups in total. The molecule has 1 saturated heterocycles. The van der Waals surface area contributed by atoms with Gasteiger partial charge in [-0.05, 0) is 48.3 Å². The molecule has 0 spiro atoms. The van der Waals surface area contributed by atoms with Gasteiger partial charge in [-0.15, -0.1) is 22.7 Å². The van der Waals surface area contributed by atoms with E-state index in [1.165, 1.54) is 35.8 Å². The van der Waals surface area contributed by atoms with Crippen molar-refractivity contribution < 1.29 is 0 Å². The minimum Gasteiger partial charge on any atom is -0.363 e. The van der Waals surface area contributed by atoms with Gasteiger partial charge in [0.15, 0.2) is 0 Å². The lowest BCUT2D eigenvalue weighted by Crippen LogP contribution is -2.15. The first-order valence-electron chi connectivity index (χ1n) is 5.82. The van der Waals surface area contributed by atoms with Crippen LogP contribution >= 0.6 is 22.7 Å². The van der Waals surface area contributed by atoms with Gasteiger partial charge in [0.2, 0.25) is 0 Å². The number of anilines is 1. The van der Waals surface area contributed by atoms with Crippen LogP contribution in [-0.4, -0.2) is 13.1 Å². The Morgan fingerprint density at radius 2 is 1.82 bits per heavy atom. The van der Waals surface area contributed by atoms with E-state index in [9.17, 15) is 0 Å². The summed E-state index contributed by atoms with van der Waals surface area (Å²) in [6.07, 6.45) is 2.65. The van der Waals surface area contributed by atoms with Crippen molar-refractivity contribution in [3.63, 3.8) is 0 Å². The molecule has 0 aromatic carbocycles. The van der Waals surface area contributed by atoms with Crippen LogP contribution in [0.25, 0.3) is 0 Å². The minimum absolute atomic E-state index is 1.14. The summed E-state index contributed by atoms with van der Waals surface area (Å²) in [6.45, 7) is 2.41. The van der Waals surface area contributed by atoms with E-state index in [4.69, 9.17) is 0 Å². The maximum absolute atomic E-state index is 3.24. The van der Waals surface area contributed by atoms with Crippen LogP contribution in [0.1, 0.15) is 22.6 Å². The van der Waals surface area contributed by atoms with Crippen LogP contribution in [0.5, 0.6) is 0 Å². The van der Waals surface area contributed by atoms with Gasteiger partial charge in [-0.2, -0.15) is 0 Å². The largest absolute Gasteiger partial charge is 0.363 e. The lowest BCUT2D eigenvalue weighted by Gasteiger charge is -2.13.